The molecule has 2 aliphatic rings. The van der Waals surface area contributed by atoms with Crippen LogP contribution < -0.4 is 14.4 Å². The van der Waals surface area contributed by atoms with Gasteiger partial charge in [0.05, 0.1) is 16.1 Å². The lowest BCUT2D eigenvalue weighted by Gasteiger charge is -2.14. The monoisotopic (exact) mass is 392 g/mol. The SMILES string of the molecule is O=C1/C(=C\c2ccc3ncccc3c2)SC(=S)N1c1ccc2c(c1)OCO2. The number of thiocarbonyl (C=S) groups is 1. The Labute approximate surface area is 164 Å². The molecule has 1 fully saturated rings. The van der Waals surface area contributed by atoms with Crippen molar-refractivity contribution in [2.24, 2.45) is 0 Å². The van der Waals surface area contributed by atoms with Gasteiger partial charge in [0.1, 0.15) is 0 Å². The van der Waals surface area contributed by atoms with E-state index in [4.69, 9.17) is 21.7 Å². The second-order valence-corrected chi connectivity index (χ2v) is 7.69. The van der Waals surface area contributed by atoms with E-state index in [1.165, 1.54) is 16.7 Å². The van der Waals surface area contributed by atoms with E-state index < -0.39 is 0 Å². The molecule has 0 saturated carbocycles. The third-order valence-electron chi connectivity index (χ3n) is 4.33. The first kappa shape index (κ1) is 16.3. The molecule has 0 radical (unpaired) electrons. The Morgan fingerprint density at radius 1 is 1.11 bits per heavy atom. The number of pyridine rings is 1. The molecule has 7 heteroatoms. The Balaban J connectivity index is 1.48. The molecule has 5 nitrogen and oxygen atoms in total. The van der Waals surface area contributed by atoms with Gasteiger partial charge in [-0.3, -0.25) is 14.7 Å². The number of anilines is 1. The predicted octanol–water partition coefficient (Wildman–Crippen LogP) is 4.37. The van der Waals surface area contributed by atoms with Gasteiger partial charge in [0.15, 0.2) is 15.8 Å². The fourth-order valence-corrected chi connectivity index (χ4v) is 4.35. The van der Waals surface area contributed by atoms with Gasteiger partial charge in [-0.15, -0.1) is 0 Å². The van der Waals surface area contributed by atoms with Crippen LogP contribution in [0, 0.1) is 0 Å². The van der Waals surface area contributed by atoms with Crippen molar-refractivity contribution < 1.29 is 14.3 Å². The van der Waals surface area contributed by atoms with Crippen LogP contribution in [0.5, 0.6) is 11.5 Å². The van der Waals surface area contributed by atoms with Crippen molar-refractivity contribution in [3.05, 3.63) is 65.2 Å². The lowest BCUT2D eigenvalue weighted by atomic mass is 10.1. The summed E-state index contributed by atoms with van der Waals surface area (Å²) < 4.78 is 11.2. The van der Waals surface area contributed by atoms with Crippen LogP contribution in [-0.2, 0) is 4.79 Å². The van der Waals surface area contributed by atoms with Gasteiger partial charge in [-0.05, 0) is 42.0 Å². The van der Waals surface area contributed by atoms with Gasteiger partial charge in [0.2, 0.25) is 6.79 Å². The van der Waals surface area contributed by atoms with E-state index in [2.05, 4.69) is 4.98 Å². The summed E-state index contributed by atoms with van der Waals surface area (Å²) in [5.74, 6) is 1.15. The number of hydrogen-bond donors (Lipinski definition) is 0. The number of aromatic nitrogens is 1. The minimum Gasteiger partial charge on any atom is -0.454 e. The van der Waals surface area contributed by atoms with Gasteiger partial charge >= 0.3 is 0 Å². The van der Waals surface area contributed by atoms with Crippen LogP contribution in [0.15, 0.2) is 59.6 Å². The maximum atomic E-state index is 12.9. The largest absolute Gasteiger partial charge is 0.454 e. The highest BCUT2D eigenvalue weighted by Crippen LogP contribution is 2.40. The Hall–Kier alpha value is -2.90. The number of carbonyl (C=O) groups is 1. The van der Waals surface area contributed by atoms with Crippen LogP contribution in [-0.4, -0.2) is 22.0 Å². The first-order valence-electron chi connectivity index (χ1n) is 8.21. The van der Waals surface area contributed by atoms with E-state index in [1.54, 1.807) is 18.3 Å². The molecular weight excluding hydrogens is 380 g/mol. The molecule has 0 bridgehead atoms. The zero-order valence-corrected chi connectivity index (χ0v) is 15.5. The topological polar surface area (TPSA) is 51.7 Å². The lowest BCUT2D eigenvalue weighted by molar-refractivity contribution is -0.113. The molecule has 0 spiro atoms. The summed E-state index contributed by atoms with van der Waals surface area (Å²) in [5, 5.41) is 1.03. The molecular formula is C20H12N2O3S2. The van der Waals surface area contributed by atoms with Gasteiger partial charge in [0.25, 0.3) is 5.91 Å². The van der Waals surface area contributed by atoms with Crippen LogP contribution in [0.2, 0.25) is 0 Å². The van der Waals surface area contributed by atoms with Gasteiger partial charge in [-0.2, -0.15) is 0 Å². The second kappa shape index (κ2) is 6.37. The maximum absolute atomic E-state index is 12.9. The number of carbonyl (C=O) groups excluding carboxylic acids is 1. The number of rotatable bonds is 2. The minimum absolute atomic E-state index is 0.143. The molecule has 27 heavy (non-hydrogen) atoms. The molecule has 1 saturated heterocycles. The Morgan fingerprint density at radius 3 is 2.93 bits per heavy atom. The molecule has 2 aromatic carbocycles. The number of benzene rings is 2. The number of amides is 1. The minimum atomic E-state index is -0.143. The first-order chi connectivity index (χ1) is 13.2. The van der Waals surface area contributed by atoms with E-state index in [9.17, 15) is 4.79 Å². The van der Waals surface area contributed by atoms with E-state index in [-0.39, 0.29) is 12.7 Å². The summed E-state index contributed by atoms with van der Waals surface area (Å²) in [6, 6.07) is 15.2. The van der Waals surface area contributed by atoms with Crippen molar-refractivity contribution in [3.8, 4) is 11.5 Å². The quantitative estimate of drug-likeness (QED) is 0.477. The third kappa shape index (κ3) is 2.85. The normalized spacial score (nSPS) is 17.3. The van der Waals surface area contributed by atoms with Crippen molar-refractivity contribution in [2.75, 3.05) is 11.7 Å². The molecule has 1 amide bonds. The first-order valence-corrected chi connectivity index (χ1v) is 9.44. The third-order valence-corrected chi connectivity index (χ3v) is 5.64. The van der Waals surface area contributed by atoms with Gasteiger partial charge in [-0.25, -0.2) is 0 Å². The van der Waals surface area contributed by atoms with Crippen molar-refractivity contribution in [1.82, 2.24) is 4.98 Å². The number of fused-ring (bicyclic) bond motifs is 2. The summed E-state index contributed by atoms with van der Waals surface area (Å²) in [4.78, 5) is 19.4. The van der Waals surface area contributed by atoms with Crippen LogP contribution in [0.4, 0.5) is 5.69 Å². The van der Waals surface area contributed by atoms with E-state index in [0.717, 1.165) is 16.5 Å². The van der Waals surface area contributed by atoms with Crippen molar-refractivity contribution in [3.63, 3.8) is 0 Å². The smallest absolute Gasteiger partial charge is 0.270 e. The molecule has 5 rings (SSSR count). The Morgan fingerprint density at radius 2 is 2.00 bits per heavy atom. The maximum Gasteiger partial charge on any atom is 0.270 e. The zero-order chi connectivity index (χ0) is 18.4. The molecule has 0 unspecified atom stereocenters. The predicted molar refractivity (Wildman–Crippen MR) is 110 cm³/mol. The molecule has 0 atom stereocenters. The number of thioether (sulfide) groups is 1. The Bertz CT molecular complexity index is 1140. The van der Waals surface area contributed by atoms with Gasteiger partial charge < -0.3 is 9.47 Å². The highest BCUT2D eigenvalue weighted by molar-refractivity contribution is 8.27. The van der Waals surface area contributed by atoms with Crippen LogP contribution in [0.1, 0.15) is 5.56 Å². The van der Waals surface area contributed by atoms with Crippen LogP contribution in [0.3, 0.4) is 0 Å². The summed E-state index contributed by atoms with van der Waals surface area (Å²) >= 11 is 6.73. The Kier molecular flexibility index (Phi) is 3.84. The lowest BCUT2D eigenvalue weighted by Crippen LogP contribution is -2.27. The highest BCUT2D eigenvalue weighted by atomic mass is 32.2. The van der Waals surface area contributed by atoms with E-state index in [1.807, 2.05) is 42.5 Å². The zero-order valence-electron chi connectivity index (χ0n) is 13.9. The van der Waals surface area contributed by atoms with Gasteiger partial charge in [-0.1, -0.05) is 36.1 Å². The van der Waals surface area contributed by atoms with Gasteiger partial charge in [0, 0.05) is 17.6 Å². The fraction of sp³-hybridized carbons (Fsp3) is 0.0500. The van der Waals surface area contributed by atoms with Crippen LogP contribution >= 0.6 is 24.0 Å². The molecule has 2 aliphatic heterocycles. The van der Waals surface area contributed by atoms with E-state index in [0.29, 0.717) is 26.4 Å². The molecule has 3 heterocycles. The summed E-state index contributed by atoms with van der Waals surface area (Å²) in [6.45, 7) is 0.188. The summed E-state index contributed by atoms with van der Waals surface area (Å²) in [5.41, 5.74) is 2.53. The standard InChI is InChI=1S/C20H12N2O3S2/c23-19-18(9-12-3-5-15-13(8-12)2-1-7-21-15)27-20(26)22(19)14-4-6-16-17(10-14)25-11-24-16/h1-10H,11H2/b18-9+. The number of nitrogens with zero attached hydrogens (tertiary/aromatic N) is 2. The summed E-state index contributed by atoms with van der Waals surface area (Å²) in [6.07, 6.45) is 3.62. The molecule has 0 N–H and O–H groups in total. The second-order valence-electron chi connectivity index (χ2n) is 6.01. The average molecular weight is 392 g/mol. The average Bonchev–Trinajstić information content (AvgIpc) is 3.25. The number of ether oxygens (including phenoxy) is 2. The van der Waals surface area contributed by atoms with Crippen LogP contribution in [0.25, 0.3) is 17.0 Å². The molecule has 132 valence electrons. The highest BCUT2D eigenvalue weighted by Gasteiger charge is 2.34. The molecule has 1 aromatic heterocycles. The van der Waals surface area contributed by atoms with Crippen molar-refractivity contribution in [1.29, 1.82) is 0 Å². The fourth-order valence-electron chi connectivity index (χ4n) is 3.05. The molecule has 3 aromatic rings. The van der Waals surface area contributed by atoms with E-state index >= 15 is 0 Å². The van der Waals surface area contributed by atoms with Crippen molar-refractivity contribution >= 4 is 56.9 Å². The molecule has 0 aliphatic carbocycles. The number of hydrogen-bond acceptors (Lipinski definition) is 6. The van der Waals surface area contributed by atoms with Crippen molar-refractivity contribution in [2.45, 2.75) is 0 Å². The summed E-state index contributed by atoms with van der Waals surface area (Å²) in [7, 11) is 0.